The van der Waals surface area contributed by atoms with Crippen LogP contribution >= 0.6 is 0 Å². The highest BCUT2D eigenvalue weighted by molar-refractivity contribution is 5.38. The third kappa shape index (κ3) is 5.79. The summed E-state index contributed by atoms with van der Waals surface area (Å²) in [6.45, 7) is 18.7. The number of ether oxygens (including phenoxy) is 4. The minimum Gasteiger partial charge on any atom is -0.354 e. The third-order valence-corrected chi connectivity index (χ3v) is 16.6. The Hall–Kier alpha value is -1.41. The van der Waals surface area contributed by atoms with Crippen molar-refractivity contribution in [1.29, 1.82) is 0 Å². The molecule has 10 heterocycles. The number of anilines is 1. The number of fused-ring (bicyclic) bond motifs is 4. The molecule has 11 heteroatoms. The maximum atomic E-state index is 7.24. The van der Waals surface area contributed by atoms with E-state index >= 15 is 0 Å². The molecule has 4 bridgehead atoms. The van der Waals surface area contributed by atoms with Crippen molar-refractivity contribution >= 4 is 5.82 Å². The maximum Gasteiger partial charge on any atom is 0.201 e. The molecule has 0 radical (unpaired) electrons. The Morgan fingerprint density at radius 3 is 1.70 bits per heavy atom. The first-order valence-electron chi connectivity index (χ1n) is 21.8. The van der Waals surface area contributed by atoms with E-state index < -0.39 is 35.4 Å². The minimum absolute atomic E-state index is 0.0528. The van der Waals surface area contributed by atoms with E-state index in [0.29, 0.717) is 53.3 Å². The number of hydrogen-bond donors (Lipinski definition) is 0. The summed E-state index contributed by atoms with van der Waals surface area (Å²) < 4.78 is 28.1. The second-order valence-corrected chi connectivity index (χ2v) is 19.7. The van der Waals surface area contributed by atoms with E-state index in [0.717, 1.165) is 89.9 Å². The molecule has 2 spiro atoms. The molecular weight excluding hydrogens is 686 g/mol. The smallest absolute Gasteiger partial charge is 0.201 e. The van der Waals surface area contributed by atoms with Crippen LogP contribution in [-0.2, 0) is 38.5 Å². The van der Waals surface area contributed by atoms with Gasteiger partial charge in [0.15, 0.2) is 23.8 Å². The largest absolute Gasteiger partial charge is 0.354 e. The van der Waals surface area contributed by atoms with E-state index in [4.69, 9.17) is 38.5 Å². The molecule has 12 rings (SSSR count). The van der Waals surface area contributed by atoms with Crippen LogP contribution in [0, 0.1) is 53.3 Å². The molecule has 0 N–H and O–H groups in total. The Morgan fingerprint density at radius 1 is 0.667 bits per heavy atom. The molecule has 1 aromatic rings. The van der Waals surface area contributed by atoms with E-state index in [9.17, 15) is 0 Å². The van der Waals surface area contributed by atoms with Gasteiger partial charge < -0.3 is 23.8 Å². The molecule has 2 aliphatic carbocycles. The van der Waals surface area contributed by atoms with Gasteiger partial charge in [-0.15, -0.1) is 0 Å². The average molecular weight is 752 g/mol. The number of rotatable bonds is 7. The fourth-order valence-electron chi connectivity index (χ4n) is 13.5. The predicted molar refractivity (Wildman–Crippen MR) is 199 cm³/mol. The van der Waals surface area contributed by atoms with Crippen molar-refractivity contribution in [2.24, 2.45) is 53.3 Å². The summed E-state index contributed by atoms with van der Waals surface area (Å²) in [5.41, 5.74) is -1.08. The second-order valence-electron chi connectivity index (χ2n) is 19.7. The fraction of sp³-hybridized carbons (Fsp3) is 0.884. The Balaban J connectivity index is 0.923. The molecular formula is C43H65N3O8. The first kappa shape index (κ1) is 36.9. The third-order valence-electron chi connectivity index (χ3n) is 16.6. The molecule has 54 heavy (non-hydrogen) atoms. The zero-order valence-electron chi connectivity index (χ0n) is 33.5. The molecule has 300 valence electrons. The standard InChI is InChI=1S/C43H65N3O8/c1-26-10-12-33-28(3)35(47-38-42(33)31(26)14-16-40(5,49-38)51-53-42)23-30(25-45-19-21-46(22-20-45)37-9-7-8-18-44-37)24-36-29(4)34-13-11-27(2)32-15-17-41(6)50-39(48-36)43(32,34)54-52-41/h7-9,18,26-36,38-39H,10-17,19-25H2,1-6H3/t26-,27+,28-,29+,30?,31+,32-,33+,34-,35?,36?,38+,39-,40-,41+,42-,43+. The van der Waals surface area contributed by atoms with Gasteiger partial charge in [-0.05, 0) is 119 Å². The molecule has 0 amide bonds. The summed E-state index contributed by atoms with van der Waals surface area (Å²) in [7, 11) is 0. The van der Waals surface area contributed by atoms with E-state index in [1.54, 1.807) is 0 Å². The molecule has 9 aliphatic heterocycles. The van der Waals surface area contributed by atoms with Gasteiger partial charge in [0.25, 0.3) is 0 Å². The van der Waals surface area contributed by atoms with Crippen LogP contribution in [0.25, 0.3) is 0 Å². The Bertz CT molecular complexity index is 1440. The van der Waals surface area contributed by atoms with Crippen molar-refractivity contribution < 1.29 is 38.5 Å². The van der Waals surface area contributed by atoms with Crippen LogP contribution in [0.4, 0.5) is 5.82 Å². The normalized spacial score (nSPS) is 51.9. The average Bonchev–Trinajstić information content (AvgIpc) is 3.54. The zero-order chi connectivity index (χ0) is 37.0. The lowest BCUT2D eigenvalue weighted by atomic mass is 9.56. The maximum absolute atomic E-state index is 7.24. The van der Waals surface area contributed by atoms with Crippen molar-refractivity contribution in [3.63, 3.8) is 0 Å². The van der Waals surface area contributed by atoms with Crippen molar-refractivity contribution in [1.82, 2.24) is 9.88 Å². The molecule has 3 unspecified atom stereocenters. The number of pyridine rings is 1. The lowest BCUT2D eigenvalue weighted by Crippen LogP contribution is -2.70. The van der Waals surface area contributed by atoms with Gasteiger partial charge in [0, 0.05) is 63.6 Å². The Morgan fingerprint density at radius 2 is 1.20 bits per heavy atom. The SMILES string of the molecule is C[C@@H]1CC[C@H]2[C@@H](C)C(CC(CC3O[C@@H]4O[C@]5(C)CC[C@@H]6[C@@H](C)CC[C@H]([C@@H]3C)[C@]46OO5)CN3CCN(c4ccccn4)CC3)O[C@H]3O[C@@]4(C)CC[C@@H]1[C@]32OO4. The second kappa shape index (κ2) is 13.6. The van der Waals surface area contributed by atoms with Crippen molar-refractivity contribution in [3.8, 4) is 0 Å². The van der Waals surface area contributed by atoms with Crippen LogP contribution in [0.15, 0.2) is 24.4 Å². The van der Waals surface area contributed by atoms with Crippen LogP contribution in [0.2, 0.25) is 0 Å². The number of hydrogen-bond acceptors (Lipinski definition) is 11. The van der Waals surface area contributed by atoms with Gasteiger partial charge in [0.2, 0.25) is 11.6 Å². The lowest BCUT2D eigenvalue weighted by molar-refractivity contribution is -0.571. The summed E-state index contributed by atoms with van der Waals surface area (Å²) in [5, 5.41) is 0. The molecule has 9 saturated heterocycles. The molecule has 17 atom stereocenters. The summed E-state index contributed by atoms with van der Waals surface area (Å²) in [4.78, 5) is 35.1. The summed E-state index contributed by atoms with van der Waals surface area (Å²) in [6.07, 6.45) is 11.5. The van der Waals surface area contributed by atoms with Crippen LogP contribution in [0.1, 0.15) is 106 Å². The van der Waals surface area contributed by atoms with Gasteiger partial charge in [-0.25, -0.2) is 24.5 Å². The van der Waals surface area contributed by atoms with E-state index in [1.165, 1.54) is 12.8 Å². The van der Waals surface area contributed by atoms with Gasteiger partial charge in [-0.3, -0.25) is 4.90 Å². The monoisotopic (exact) mass is 751 g/mol. The molecule has 11 nitrogen and oxygen atoms in total. The molecule has 0 aromatic carbocycles. The van der Waals surface area contributed by atoms with Gasteiger partial charge in [-0.1, -0.05) is 33.8 Å². The summed E-state index contributed by atoms with van der Waals surface area (Å²) >= 11 is 0. The van der Waals surface area contributed by atoms with Gasteiger partial charge in [0.1, 0.15) is 5.82 Å². The Labute approximate surface area is 322 Å². The fourth-order valence-corrected chi connectivity index (χ4v) is 13.5. The number of piperazine rings is 1. The molecule has 11 fully saturated rings. The molecule has 11 aliphatic rings. The highest BCUT2D eigenvalue weighted by Gasteiger charge is 2.71. The molecule has 2 saturated carbocycles. The van der Waals surface area contributed by atoms with Crippen LogP contribution in [0.3, 0.4) is 0 Å². The predicted octanol–water partition coefficient (Wildman–Crippen LogP) is 7.10. The minimum atomic E-state index is -0.771. The number of aromatic nitrogens is 1. The summed E-state index contributed by atoms with van der Waals surface area (Å²) in [5.74, 6) is 3.01. The van der Waals surface area contributed by atoms with Crippen molar-refractivity contribution in [2.45, 2.75) is 153 Å². The van der Waals surface area contributed by atoms with Crippen LogP contribution in [0.5, 0.6) is 0 Å². The van der Waals surface area contributed by atoms with E-state index in [1.807, 2.05) is 26.1 Å². The zero-order valence-corrected chi connectivity index (χ0v) is 33.5. The quantitative estimate of drug-likeness (QED) is 0.267. The molecule has 1 aromatic heterocycles. The number of nitrogens with zero attached hydrogens (tertiary/aromatic N) is 3. The summed E-state index contributed by atoms with van der Waals surface area (Å²) in [6, 6.07) is 6.21. The van der Waals surface area contributed by atoms with Crippen molar-refractivity contribution in [2.75, 3.05) is 37.6 Å². The lowest BCUT2D eigenvalue weighted by Gasteiger charge is -2.61. The van der Waals surface area contributed by atoms with Gasteiger partial charge >= 0.3 is 0 Å². The van der Waals surface area contributed by atoms with E-state index in [-0.39, 0.29) is 12.2 Å². The first-order valence-corrected chi connectivity index (χ1v) is 21.8. The van der Waals surface area contributed by atoms with Gasteiger partial charge in [0.05, 0.1) is 12.2 Å². The van der Waals surface area contributed by atoms with Crippen molar-refractivity contribution in [3.05, 3.63) is 24.4 Å². The van der Waals surface area contributed by atoms with E-state index in [2.05, 4.69) is 54.6 Å². The van der Waals surface area contributed by atoms with Crippen LogP contribution in [-0.4, -0.2) is 90.2 Å². The first-order chi connectivity index (χ1) is 26.0. The van der Waals surface area contributed by atoms with Gasteiger partial charge in [-0.2, -0.15) is 0 Å². The topological polar surface area (TPSA) is 93.2 Å². The Kier molecular flexibility index (Phi) is 9.28. The van der Waals surface area contributed by atoms with Crippen LogP contribution < -0.4 is 4.90 Å². The highest BCUT2D eigenvalue weighted by Crippen LogP contribution is 2.63. The highest BCUT2D eigenvalue weighted by atomic mass is 17.3.